The molecular formula is C14H20N2O2. The SMILES string of the molecule is CCCOCC(=O)N1CCc2cccc(N)c2C1. The van der Waals surface area contributed by atoms with Crippen molar-refractivity contribution in [3.63, 3.8) is 0 Å². The highest BCUT2D eigenvalue weighted by Crippen LogP contribution is 2.24. The summed E-state index contributed by atoms with van der Waals surface area (Å²) in [4.78, 5) is 13.8. The van der Waals surface area contributed by atoms with Crippen LogP contribution >= 0.6 is 0 Å². The number of amides is 1. The van der Waals surface area contributed by atoms with E-state index in [0.29, 0.717) is 13.2 Å². The quantitative estimate of drug-likeness (QED) is 0.650. The smallest absolute Gasteiger partial charge is 0.248 e. The Balaban J connectivity index is 1.99. The molecule has 98 valence electrons. The lowest BCUT2D eigenvalue weighted by Gasteiger charge is -2.29. The lowest BCUT2D eigenvalue weighted by molar-refractivity contribution is -0.137. The van der Waals surface area contributed by atoms with E-state index in [9.17, 15) is 4.79 Å². The lowest BCUT2D eigenvalue weighted by atomic mass is 9.98. The average molecular weight is 248 g/mol. The van der Waals surface area contributed by atoms with Crippen molar-refractivity contribution in [2.45, 2.75) is 26.3 Å². The summed E-state index contributed by atoms with van der Waals surface area (Å²) in [5.41, 5.74) is 9.08. The normalized spacial score (nSPS) is 14.4. The van der Waals surface area contributed by atoms with Crippen molar-refractivity contribution in [1.82, 2.24) is 4.90 Å². The molecule has 0 saturated heterocycles. The summed E-state index contributed by atoms with van der Waals surface area (Å²) in [6.07, 6.45) is 1.81. The first-order chi connectivity index (χ1) is 8.72. The standard InChI is InChI=1S/C14H20N2O2/c1-2-8-18-10-14(17)16-7-6-11-4-3-5-13(15)12(11)9-16/h3-5H,2,6-10,15H2,1H3. The first-order valence-electron chi connectivity index (χ1n) is 6.44. The van der Waals surface area contributed by atoms with Crippen LogP contribution in [0, 0.1) is 0 Å². The van der Waals surface area contributed by atoms with Crippen LogP contribution < -0.4 is 5.73 Å². The lowest BCUT2D eigenvalue weighted by Crippen LogP contribution is -2.38. The Kier molecular flexibility index (Phi) is 4.20. The molecule has 0 fully saturated rings. The second-order valence-corrected chi connectivity index (χ2v) is 4.60. The number of hydrogen-bond donors (Lipinski definition) is 1. The predicted molar refractivity (Wildman–Crippen MR) is 71.1 cm³/mol. The average Bonchev–Trinajstić information content (AvgIpc) is 2.39. The van der Waals surface area contributed by atoms with Crippen LogP contribution in [0.5, 0.6) is 0 Å². The highest BCUT2D eigenvalue weighted by Gasteiger charge is 2.21. The number of carbonyl (C=O) groups is 1. The van der Waals surface area contributed by atoms with Gasteiger partial charge in [-0.1, -0.05) is 19.1 Å². The van der Waals surface area contributed by atoms with E-state index in [-0.39, 0.29) is 12.5 Å². The maximum atomic E-state index is 12.0. The highest BCUT2D eigenvalue weighted by atomic mass is 16.5. The Bertz CT molecular complexity index is 432. The Morgan fingerprint density at radius 3 is 3.11 bits per heavy atom. The van der Waals surface area contributed by atoms with Gasteiger partial charge in [-0.15, -0.1) is 0 Å². The number of nitrogens with zero attached hydrogens (tertiary/aromatic N) is 1. The maximum absolute atomic E-state index is 12.0. The number of nitrogen functional groups attached to an aromatic ring is 1. The van der Waals surface area contributed by atoms with Crippen molar-refractivity contribution in [3.8, 4) is 0 Å². The number of rotatable bonds is 4. The van der Waals surface area contributed by atoms with E-state index >= 15 is 0 Å². The van der Waals surface area contributed by atoms with Crippen molar-refractivity contribution < 1.29 is 9.53 Å². The summed E-state index contributed by atoms with van der Waals surface area (Å²) >= 11 is 0. The van der Waals surface area contributed by atoms with Crippen LogP contribution in [0.2, 0.25) is 0 Å². The van der Waals surface area contributed by atoms with E-state index in [0.717, 1.165) is 30.6 Å². The molecular weight excluding hydrogens is 228 g/mol. The highest BCUT2D eigenvalue weighted by molar-refractivity contribution is 5.78. The van der Waals surface area contributed by atoms with E-state index in [1.165, 1.54) is 5.56 Å². The largest absolute Gasteiger partial charge is 0.398 e. The first-order valence-corrected chi connectivity index (χ1v) is 6.44. The molecule has 0 atom stereocenters. The third-order valence-electron chi connectivity index (χ3n) is 3.24. The molecule has 0 unspecified atom stereocenters. The van der Waals surface area contributed by atoms with Crippen molar-refractivity contribution >= 4 is 11.6 Å². The topological polar surface area (TPSA) is 55.6 Å². The molecule has 0 bridgehead atoms. The van der Waals surface area contributed by atoms with Gasteiger partial charge in [-0.3, -0.25) is 4.79 Å². The van der Waals surface area contributed by atoms with Gasteiger partial charge in [0.2, 0.25) is 5.91 Å². The third kappa shape index (κ3) is 2.82. The molecule has 0 spiro atoms. The minimum atomic E-state index is 0.0531. The molecule has 1 aromatic carbocycles. The molecule has 1 amide bonds. The van der Waals surface area contributed by atoms with Crippen molar-refractivity contribution in [1.29, 1.82) is 0 Å². The molecule has 2 N–H and O–H groups in total. The van der Waals surface area contributed by atoms with Gasteiger partial charge in [0.15, 0.2) is 0 Å². The van der Waals surface area contributed by atoms with E-state index in [4.69, 9.17) is 10.5 Å². The summed E-state index contributed by atoms with van der Waals surface area (Å²) in [6, 6.07) is 5.94. The van der Waals surface area contributed by atoms with Crippen LogP contribution in [0.25, 0.3) is 0 Å². The molecule has 1 heterocycles. The van der Waals surface area contributed by atoms with Crippen molar-refractivity contribution in [2.75, 3.05) is 25.5 Å². The van der Waals surface area contributed by atoms with E-state index < -0.39 is 0 Å². The number of nitrogens with two attached hydrogens (primary N) is 1. The second kappa shape index (κ2) is 5.87. The molecule has 4 nitrogen and oxygen atoms in total. The number of carbonyl (C=O) groups excluding carboxylic acids is 1. The van der Waals surface area contributed by atoms with Gasteiger partial charge in [0.05, 0.1) is 0 Å². The molecule has 2 rings (SSSR count). The molecule has 0 aliphatic carbocycles. The monoisotopic (exact) mass is 248 g/mol. The van der Waals surface area contributed by atoms with Crippen LogP contribution in [0.15, 0.2) is 18.2 Å². The zero-order valence-corrected chi connectivity index (χ0v) is 10.8. The number of ether oxygens (including phenoxy) is 1. The van der Waals surface area contributed by atoms with E-state index in [2.05, 4.69) is 6.07 Å². The molecule has 0 saturated carbocycles. The summed E-state index contributed by atoms with van der Waals surface area (Å²) in [6.45, 7) is 4.21. The molecule has 18 heavy (non-hydrogen) atoms. The van der Waals surface area contributed by atoms with Gasteiger partial charge in [0, 0.05) is 25.4 Å². The number of fused-ring (bicyclic) bond motifs is 1. The molecule has 0 aromatic heterocycles. The summed E-state index contributed by atoms with van der Waals surface area (Å²) in [5.74, 6) is 0.0531. The van der Waals surface area contributed by atoms with Crippen molar-refractivity contribution in [2.24, 2.45) is 0 Å². The predicted octanol–water partition coefficient (Wildman–Crippen LogP) is 1.58. The zero-order valence-electron chi connectivity index (χ0n) is 10.8. The van der Waals surface area contributed by atoms with Gasteiger partial charge in [-0.2, -0.15) is 0 Å². The summed E-state index contributed by atoms with van der Waals surface area (Å²) in [7, 11) is 0. The maximum Gasteiger partial charge on any atom is 0.248 e. The van der Waals surface area contributed by atoms with Gasteiger partial charge in [0.25, 0.3) is 0 Å². The fraction of sp³-hybridized carbons (Fsp3) is 0.500. The minimum absolute atomic E-state index is 0.0531. The van der Waals surface area contributed by atoms with Gasteiger partial charge in [-0.05, 0) is 30.0 Å². The molecule has 1 aliphatic rings. The molecule has 1 aliphatic heterocycles. The number of hydrogen-bond acceptors (Lipinski definition) is 3. The number of anilines is 1. The van der Waals surface area contributed by atoms with Crippen molar-refractivity contribution in [3.05, 3.63) is 29.3 Å². The van der Waals surface area contributed by atoms with Crippen LogP contribution in [0.3, 0.4) is 0 Å². The van der Waals surface area contributed by atoms with Gasteiger partial charge < -0.3 is 15.4 Å². The van der Waals surface area contributed by atoms with E-state index in [1.807, 2.05) is 24.0 Å². The van der Waals surface area contributed by atoms with E-state index in [1.54, 1.807) is 0 Å². The summed E-state index contributed by atoms with van der Waals surface area (Å²) < 4.78 is 5.29. The number of benzene rings is 1. The molecule has 0 radical (unpaired) electrons. The van der Waals surface area contributed by atoms with Crippen LogP contribution in [-0.2, 0) is 22.5 Å². The Morgan fingerprint density at radius 1 is 1.50 bits per heavy atom. The van der Waals surface area contributed by atoms with Crippen LogP contribution in [0.4, 0.5) is 5.69 Å². The Morgan fingerprint density at radius 2 is 2.33 bits per heavy atom. The van der Waals surface area contributed by atoms with Gasteiger partial charge in [0.1, 0.15) is 6.61 Å². The fourth-order valence-corrected chi connectivity index (χ4v) is 2.21. The van der Waals surface area contributed by atoms with Gasteiger partial charge in [-0.25, -0.2) is 0 Å². The third-order valence-corrected chi connectivity index (χ3v) is 3.24. The Labute approximate surface area is 108 Å². The Hall–Kier alpha value is -1.55. The zero-order chi connectivity index (χ0) is 13.0. The molecule has 1 aromatic rings. The summed E-state index contributed by atoms with van der Waals surface area (Å²) in [5, 5.41) is 0. The van der Waals surface area contributed by atoms with Gasteiger partial charge >= 0.3 is 0 Å². The second-order valence-electron chi connectivity index (χ2n) is 4.60. The molecule has 4 heteroatoms. The van der Waals surface area contributed by atoms with Crippen LogP contribution in [-0.4, -0.2) is 30.6 Å². The van der Waals surface area contributed by atoms with Crippen LogP contribution in [0.1, 0.15) is 24.5 Å². The minimum Gasteiger partial charge on any atom is -0.398 e. The fourth-order valence-electron chi connectivity index (χ4n) is 2.21. The first kappa shape index (κ1) is 12.9.